The molecule has 0 bridgehead atoms. The van der Waals surface area contributed by atoms with Crippen molar-refractivity contribution in [1.29, 1.82) is 0 Å². The van der Waals surface area contributed by atoms with Crippen LogP contribution in [-0.2, 0) is 19.1 Å². The fraction of sp³-hybridized carbons (Fsp3) is 0.500. The van der Waals surface area contributed by atoms with Gasteiger partial charge in [-0.05, 0) is 6.42 Å². The first-order valence-corrected chi connectivity index (χ1v) is 4.94. The zero-order chi connectivity index (χ0) is 12.0. The summed E-state index contributed by atoms with van der Waals surface area (Å²) in [6.45, 7) is 0.756. The van der Waals surface area contributed by atoms with Gasteiger partial charge in [0.25, 0.3) is 11.8 Å². The number of carbonyl (C=O) groups is 3. The predicted molar refractivity (Wildman–Crippen MR) is 53.5 cm³/mol. The van der Waals surface area contributed by atoms with E-state index in [1.807, 2.05) is 0 Å². The number of hydrogen-bond donors (Lipinski definition) is 1. The largest absolute Gasteiger partial charge is 0.481 e. The Balaban J connectivity index is 2.05. The highest BCUT2D eigenvalue weighted by Gasteiger charge is 2.22. The molecule has 0 spiro atoms. The van der Waals surface area contributed by atoms with Gasteiger partial charge in [0.2, 0.25) is 0 Å². The van der Waals surface area contributed by atoms with Crippen molar-refractivity contribution in [2.24, 2.45) is 0 Å². The van der Waals surface area contributed by atoms with Crippen molar-refractivity contribution in [1.82, 2.24) is 4.90 Å². The third-order valence-corrected chi connectivity index (χ3v) is 2.04. The van der Waals surface area contributed by atoms with Gasteiger partial charge in [-0.25, -0.2) is 0 Å². The number of hydrogen-bond acceptors (Lipinski definition) is 4. The zero-order valence-corrected chi connectivity index (χ0v) is 8.72. The number of rotatable bonds is 7. The van der Waals surface area contributed by atoms with Gasteiger partial charge in [0.15, 0.2) is 0 Å². The van der Waals surface area contributed by atoms with Crippen molar-refractivity contribution in [2.75, 3.05) is 19.8 Å². The Labute approximate surface area is 92.5 Å². The molecule has 0 unspecified atom stereocenters. The van der Waals surface area contributed by atoms with E-state index in [1.165, 1.54) is 12.2 Å². The second-order valence-electron chi connectivity index (χ2n) is 3.27. The van der Waals surface area contributed by atoms with Gasteiger partial charge in [-0.2, -0.15) is 0 Å². The Morgan fingerprint density at radius 3 is 2.44 bits per heavy atom. The molecule has 0 aliphatic carbocycles. The molecule has 6 heteroatoms. The predicted octanol–water partition coefficient (Wildman–Crippen LogP) is -0.207. The molecular weight excluding hydrogens is 214 g/mol. The first kappa shape index (κ1) is 12.4. The Morgan fingerprint density at radius 2 is 1.88 bits per heavy atom. The average Bonchev–Trinajstić information content (AvgIpc) is 2.53. The molecular formula is C10H13NO5. The first-order valence-electron chi connectivity index (χ1n) is 4.94. The molecule has 6 nitrogen and oxygen atoms in total. The molecule has 0 fully saturated rings. The Kier molecular flexibility index (Phi) is 4.65. The molecule has 1 N–H and O–H groups in total. The van der Waals surface area contributed by atoms with E-state index in [4.69, 9.17) is 9.84 Å². The molecule has 1 heterocycles. The van der Waals surface area contributed by atoms with E-state index in [2.05, 4.69) is 0 Å². The minimum Gasteiger partial charge on any atom is -0.481 e. The van der Waals surface area contributed by atoms with E-state index in [9.17, 15) is 14.4 Å². The standard InChI is InChI=1S/C10H13NO5/c12-8-3-4-9(13)11(8)5-7-16-6-1-2-10(14)15/h3-4H,1-2,5-7H2,(H,14,15). The normalized spacial score (nSPS) is 14.9. The van der Waals surface area contributed by atoms with Crippen LogP contribution in [0.25, 0.3) is 0 Å². The third kappa shape index (κ3) is 3.82. The van der Waals surface area contributed by atoms with Crippen LogP contribution in [0.15, 0.2) is 12.2 Å². The molecule has 0 saturated heterocycles. The number of carbonyl (C=O) groups excluding carboxylic acids is 2. The molecule has 1 aliphatic rings. The van der Waals surface area contributed by atoms with Crippen LogP contribution in [0.4, 0.5) is 0 Å². The van der Waals surface area contributed by atoms with Crippen LogP contribution in [0.5, 0.6) is 0 Å². The quantitative estimate of drug-likeness (QED) is 0.480. The highest BCUT2D eigenvalue weighted by atomic mass is 16.5. The van der Waals surface area contributed by atoms with Gasteiger partial charge in [0.1, 0.15) is 0 Å². The zero-order valence-electron chi connectivity index (χ0n) is 8.72. The van der Waals surface area contributed by atoms with Gasteiger partial charge in [0.05, 0.1) is 13.2 Å². The lowest BCUT2D eigenvalue weighted by atomic mass is 10.3. The average molecular weight is 227 g/mol. The molecule has 0 aromatic rings. The van der Waals surface area contributed by atoms with Crippen molar-refractivity contribution in [3.8, 4) is 0 Å². The molecule has 88 valence electrons. The topological polar surface area (TPSA) is 83.9 Å². The first-order chi connectivity index (χ1) is 7.61. The highest BCUT2D eigenvalue weighted by Crippen LogP contribution is 2.02. The summed E-state index contributed by atoms with van der Waals surface area (Å²) >= 11 is 0. The van der Waals surface area contributed by atoms with Gasteiger partial charge >= 0.3 is 5.97 Å². The Morgan fingerprint density at radius 1 is 1.25 bits per heavy atom. The minimum atomic E-state index is -0.863. The van der Waals surface area contributed by atoms with E-state index in [1.54, 1.807) is 0 Å². The fourth-order valence-corrected chi connectivity index (χ4v) is 1.23. The van der Waals surface area contributed by atoms with Crippen LogP contribution >= 0.6 is 0 Å². The van der Waals surface area contributed by atoms with Gasteiger partial charge < -0.3 is 9.84 Å². The van der Waals surface area contributed by atoms with Crippen LogP contribution < -0.4 is 0 Å². The molecule has 0 aromatic carbocycles. The highest BCUT2D eigenvalue weighted by molar-refractivity contribution is 6.12. The monoisotopic (exact) mass is 227 g/mol. The van der Waals surface area contributed by atoms with Crippen LogP contribution in [-0.4, -0.2) is 47.5 Å². The van der Waals surface area contributed by atoms with Gasteiger partial charge in [-0.15, -0.1) is 0 Å². The Bertz CT molecular complexity index is 305. The molecule has 0 radical (unpaired) electrons. The lowest BCUT2D eigenvalue weighted by Crippen LogP contribution is -2.33. The van der Waals surface area contributed by atoms with E-state index in [0.717, 1.165) is 4.90 Å². The van der Waals surface area contributed by atoms with Crippen molar-refractivity contribution in [3.05, 3.63) is 12.2 Å². The van der Waals surface area contributed by atoms with Crippen LogP contribution in [0.2, 0.25) is 0 Å². The summed E-state index contributed by atoms with van der Waals surface area (Å²) in [5, 5.41) is 8.35. The second-order valence-corrected chi connectivity index (χ2v) is 3.27. The van der Waals surface area contributed by atoms with E-state index in [0.29, 0.717) is 13.0 Å². The lowest BCUT2D eigenvalue weighted by Gasteiger charge is -2.13. The Hall–Kier alpha value is -1.69. The molecule has 2 amide bonds. The van der Waals surface area contributed by atoms with Crippen molar-refractivity contribution >= 4 is 17.8 Å². The van der Waals surface area contributed by atoms with E-state index >= 15 is 0 Å². The fourth-order valence-electron chi connectivity index (χ4n) is 1.23. The third-order valence-electron chi connectivity index (χ3n) is 2.04. The van der Waals surface area contributed by atoms with Crippen LogP contribution in [0.3, 0.4) is 0 Å². The smallest absolute Gasteiger partial charge is 0.303 e. The maximum Gasteiger partial charge on any atom is 0.303 e. The number of aliphatic carboxylic acids is 1. The van der Waals surface area contributed by atoms with Crippen molar-refractivity contribution in [2.45, 2.75) is 12.8 Å². The summed E-state index contributed by atoms with van der Waals surface area (Å²) in [5.74, 6) is -1.53. The number of amides is 2. The molecule has 16 heavy (non-hydrogen) atoms. The number of nitrogens with zero attached hydrogens (tertiary/aromatic N) is 1. The van der Waals surface area contributed by atoms with Crippen LogP contribution in [0, 0.1) is 0 Å². The summed E-state index contributed by atoms with van der Waals surface area (Å²) < 4.78 is 5.11. The van der Waals surface area contributed by atoms with Crippen molar-refractivity contribution in [3.63, 3.8) is 0 Å². The molecule has 0 saturated carbocycles. The van der Waals surface area contributed by atoms with Crippen LogP contribution in [0.1, 0.15) is 12.8 Å². The molecule has 1 rings (SSSR count). The minimum absolute atomic E-state index is 0.0587. The van der Waals surface area contributed by atoms with Gasteiger partial charge in [-0.3, -0.25) is 19.3 Å². The molecule has 0 aromatic heterocycles. The summed E-state index contributed by atoms with van der Waals surface area (Å²) in [5.41, 5.74) is 0. The second kappa shape index (κ2) is 6.02. The lowest BCUT2D eigenvalue weighted by molar-refractivity contribution is -0.138. The molecule has 0 atom stereocenters. The maximum atomic E-state index is 11.1. The number of carboxylic acid groups (broad SMARTS) is 1. The number of carboxylic acids is 1. The summed E-state index contributed by atoms with van der Waals surface area (Å²) in [6, 6.07) is 0. The maximum absolute atomic E-state index is 11.1. The summed E-state index contributed by atoms with van der Waals surface area (Å²) in [7, 11) is 0. The van der Waals surface area contributed by atoms with E-state index < -0.39 is 5.97 Å². The number of imide groups is 1. The van der Waals surface area contributed by atoms with Gasteiger partial charge in [-0.1, -0.05) is 0 Å². The SMILES string of the molecule is O=C(O)CCCOCCN1C(=O)C=CC1=O. The van der Waals surface area contributed by atoms with Gasteiger partial charge in [0, 0.05) is 25.2 Å². The summed E-state index contributed by atoms with van der Waals surface area (Å²) in [4.78, 5) is 33.4. The van der Waals surface area contributed by atoms with E-state index in [-0.39, 0.29) is 31.4 Å². The number of ether oxygens (including phenoxy) is 1. The van der Waals surface area contributed by atoms with Crippen molar-refractivity contribution < 1.29 is 24.2 Å². The molecule has 1 aliphatic heterocycles. The summed E-state index contributed by atoms with van der Waals surface area (Å²) in [6.07, 6.45) is 2.91.